The summed E-state index contributed by atoms with van der Waals surface area (Å²) in [5.74, 6) is 0.529. The molecule has 5 heteroatoms. The normalized spacial score (nSPS) is 10.9. The van der Waals surface area contributed by atoms with E-state index in [1.54, 1.807) is 6.92 Å². The summed E-state index contributed by atoms with van der Waals surface area (Å²) < 4.78 is 7.07. The highest BCUT2D eigenvalue weighted by Crippen LogP contribution is 2.30. The molecule has 0 aliphatic heterocycles. The van der Waals surface area contributed by atoms with Crippen LogP contribution in [0.1, 0.15) is 23.7 Å². The minimum Gasteiger partial charge on any atom is -0.465 e. The van der Waals surface area contributed by atoms with E-state index < -0.39 is 0 Å². The van der Waals surface area contributed by atoms with Crippen LogP contribution < -0.4 is 5.32 Å². The number of carbonyl (C=O) groups is 1. The second kappa shape index (κ2) is 6.97. The molecule has 2 aromatic heterocycles. The summed E-state index contributed by atoms with van der Waals surface area (Å²) in [4.78, 5) is 16.6. The molecule has 2 heterocycles. The van der Waals surface area contributed by atoms with Gasteiger partial charge in [0.25, 0.3) is 0 Å². The fourth-order valence-electron chi connectivity index (χ4n) is 2.97. The lowest BCUT2D eigenvalue weighted by Crippen LogP contribution is -2.18. The van der Waals surface area contributed by atoms with E-state index in [1.165, 1.54) is 5.56 Å². The third kappa shape index (κ3) is 3.50. The molecule has 1 aromatic carbocycles. The monoisotopic (exact) mass is 337 g/mol. The molecule has 0 fully saturated rings. The smallest absolute Gasteiger partial charge is 0.325 e. The van der Waals surface area contributed by atoms with Crippen molar-refractivity contribution < 1.29 is 9.53 Å². The maximum atomic E-state index is 11.8. The van der Waals surface area contributed by atoms with Gasteiger partial charge in [0.2, 0.25) is 0 Å². The van der Waals surface area contributed by atoms with E-state index in [0.717, 1.165) is 34.0 Å². The van der Waals surface area contributed by atoms with Crippen LogP contribution in [-0.4, -0.2) is 28.5 Å². The Morgan fingerprint density at radius 1 is 1.12 bits per heavy atom. The van der Waals surface area contributed by atoms with Crippen molar-refractivity contribution in [2.24, 2.45) is 0 Å². The largest absolute Gasteiger partial charge is 0.465 e. The number of esters is 1. The van der Waals surface area contributed by atoms with E-state index in [-0.39, 0.29) is 12.5 Å². The highest BCUT2D eigenvalue weighted by atomic mass is 16.5. The molecular weight excluding hydrogens is 314 g/mol. The Kier molecular flexibility index (Phi) is 4.74. The minimum atomic E-state index is -0.280. The number of ether oxygens (including phenoxy) is 1. The molecule has 25 heavy (non-hydrogen) atoms. The lowest BCUT2D eigenvalue weighted by Gasteiger charge is -2.11. The average Bonchev–Trinajstić information content (AvgIpc) is 2.92. The van der Waals surface area contributed by atoms with E-state index in [0.29, 0.717) is 6.61 Å². The first-order chi connectivity index (χ1) is 12.0. The highest BCUT2D eigenvalue weighted by Gasteiger charge is 2.17. The van der Waals surface area contributed by atoms with E-state index in [9.17, 15) is 4.79 Å². The van der Waals surface area contributed by atoms with E-state index in [2.05, 4.69) is 49.5 Å². The molecule has 0 aliphatic rings. The van der Waals surface area contributed by atoms with Gasteiger partial charge in [-0.2, -0.15) is 0 Å². The zero-order valence-electron chi connectivity index (χ0n) is 15.1. The zero-order valence-corrected chi connectivity index (χ0v) is 15.1. The van der Waals surface area contributed by atoms with Crippen LogP contribution in [-0.2, 0) is 9.53 Å². The first kappa shape index (κ1) is 17.0. The van der Waals surface area contributed by atoms with Crippen LogP contribution in [0.15, 0.2) is 36.4 Å². The zero-order chi connectivity index (χ0) is 18.0. The van der Waals surface area contributed by atoms with Gasteiger partial charge in [-0.1, -0.05) is 29.8 Å². The number of pyridine rings is 1. The van der Waals surface area contributed by atoms with Crippen molar-refractivity contribution in [1.29, 1.82) is 0 Å². The average molecular weight is 337 g/mol. The number of hydrogen-bond acceptors (Lipinski definition) is 4. The molecule has 0 atom stereocenters. The van der Waals surface area contributed by atoms with E-state index in [1.807, 2.05) is 17.4 Å². The predicted octanol–water partition coefficient (Wildman–Crippen LogP) is 3.90. The van der Waals surface area contributed by atoms with Crippen molar-refractivity contribution in [3.8, 4) is 11.3 Å². The molecule has 0 bridgehead atoms. The van der Waals surface area contributed by atoms with Crippen LogP contribution in [0.4, 0.5) is 5.82 Å². The Bertz CT molecular complexity index is 911. The second-order valence-corrected chi connectivity index (χ2v) is 6.20. The van der Waals surface area contributed by atoms with Gasteiger partial charge in [-0.15, -0.1) is 0 Å². The van der Waals surface area contributed by atoms with Gasteiger partial charge in [-0.05, 0) is 45.4 Å². The van der Waals surface area contributed by atoms with Crippen LogP contribution in [0, 0.1) is 20.8 Å². The molecule has 1 N–H and O–H groups in total. The number of fused-ring (bicyclic) bond motifs is 1. The topological polar surface area (TPSA) is 55.6 Å². The van der Waals surface area contributed by atoms with Gasteiger partial charge < -0.3 is 10.1 Å². The minimum absolute atomic E-state index is 0.105. The van der Waals surface area contributed by atoms with Crippen LogP contribution in [0.25, 0.3) is 16.9 Å². The van der Waals surface area contributed by atoms with E-state index >= 15 is 0 Å². The highest BCUT2D eigenvalue weighted by molar-refractivity contribution is 5.81. The number of anilines is 1. The lowest BCUT2D eigenvalue weighted by molar-refractivity contribution is -0.140. The summed E-state index contributed by atoms with van der Waals surface area (Å²) in [6, 6.07) is 12.4. The molecule has 130 valence electrons. The van der Waals surface area contributed by atoms with Crippen LogP contribution in [0.5, 0.6) is 0 Å². The summed E-state index contributed by atoms with van der Waals surface area (Å²) in [6.45, 7) is 8.43. The van der Waals surface area contributed by atoms with Gasteiger partial charge in [0.15, 0.2) is 0 Å². The summed E-state index contributed by atoms with van der Waals surface area (Å²) in [6.07, 6.45) is 0. The Morgan fingerprint density at radius 3 is 2.52 bits per heavy atom. The first-order valence-corrected chi connectivity index (χ1v) is 8.46. The number of benzene rings is 1. The Hall–Kier alpha value is -2.82. The summed E-state index contributed by atoms with van der Waals surface area (Å²) >= 11 is 0. The molecular formula is C20H23N3O2. The van der Waals surface area contributed by atoms with Crippen LogP contribution in [0.2, 0.25) is 0 Å². The first-order valence-electron chi connectivity index (χ1n) is 8.46. The van der Waals surface area contributed by atoms with Gasteiger partial charge in [-0.3, -0.25) is 9.20 Å². The quantitative estimate of drug-likeness (QED) is 0.717. The number of rotatable bonds is 5. The fraction of sp³-hybridized carbons (Fsp3) is 0.300. The number of aromatic nitrogens is 2. The molecule has 0 spiro atoms. The molecule has 0 saturated carbocycles. The second-order valence-electron chi connectivity index (χ2n) is 6.20. The molecule has 0 aliphatic carbocycles. The van der Waals surface area contributed by atoms with Gasteiger partial charge in [-0.25, -0.2) is 4.98 Å². The Balaban J connectivity index is 2.11. The van der Waals surface area contributed by atoms with Crippen LogP contribution in [0.3, 0.4) is 0 Å². The third-order valence-corrected chi connectivity index (χ3v) is 4.08. The molecule has 5 nitrogen and oxygen atoms in total. The number of imidazole rings is 1. The Morgan fingerprint density at radius 2 is 1.84 bits per heavy atom. The van der Waals surface area contributed by atoms with Gasteiger partial charge in [0.1, 0.15) is 23.7 Å². The number of nitrogens with one attached hydrogen (secondary N) is 1. The van der Waals surface area contributed by atoms with E-state index in [4.69, 9.17) is 9.72 Å². The van der Waals surface area contributed by atoms with Crippen molar-refractivity contribution in [3.63, 3.8) is 0 Å². The maximum Gasteiger partial charge on any atom is 0.325 e. The van der Waals surface area contributed by atoms with Crippen LogP contribution >= 0.6 is 0 Å². The van der Waals surface area contributed by atoms with Crippen molar-refractivity contribution in [2.45, 2.75) is 27.7 Å². The third-order valence-electron chi connectivity index (χ3n) is 4.08. The number of aryl methyl sites for hydroxylation is 3. The molecule has 0 saturated heterocycles. The molecule has 0 radical (unpaired) electrons. The number of carbonyl (C=O) groups excluding carboxylic acids is 1. The van der Waals surface area contributed by atoms with Crippen molar-refractivity contribution in [1.82, 2.24) is 9.38 Å². The summed E-state index contributed by atoms with van der Waals surface area (Å²) in [5.41, 5.74) is 6.12. The molecule has 0 unspecified atom stereocenters. The Labute approximate surface area is 147 Å². The van der Waals surface area contributed by atoms with Crippen molar-refractivity contribution >= 4 is 17.4 Å². The summed E-state index contributed by atoms with van der Waals surface area (Å²) in [7, 11) is 0. The molecule has 3 aromatic rings. The van der Waals surface area contributed by atoms with Gasteiger partial charge in [0.05, 0.1) is 6.61 Å². The molecule has 3 rings (SSSR count). The number of nitrogens with zero attached hydrogens (tertiary/aromatic N) is 2. The lowest BCUT2D eigenvalue weighted by atomic mass is 10.1. The molecule has 0 amide bonds. The fourth-order valence-corrected chi connectivity index (χ4v) is 2.97. The summed E-state index contributed by atoms with van der Waals surface area (Å²) in [5, 5.41) is 3.22. The SMILES string of the molecule is CCOC(=O)CNc1c(-c2ccc(C)cc2)nc2cc(C)cc(C)n12. The van der Waals surface area contributed by atoms with Gasteiger partial charge in [0, 0.05) is 11.3 Å². The number of hydrogen-bond donors (Lipinski definition) is 1. The maximum absolute atomic E-state index is 11.8. The predicted molar refractivity (Wildman–Crippen MR) is 100.0 cm³/mol. The standard InChI is InChI=1S/C20H23N3O2/c1-5-25-18(24)12-21-20-19(16-8-6-13(2)7-9-16)22-17-11-14(3)10-15(4)23(17)20/h6-11,21H,5,12H2,1-4H3. The van der Waals surface area contributed by atoms with Crippen molar-refractivity contribution in [3.05, 3.63) is 53.2 Å². The van der Waals surface area contributed by atoms with Gasteiger partial charge >= 0.3 is 5.97 Å². The van der Waals surface area contributed by atoms with Crippen molar-refractivity contribution in [2.75, 3.05) is 18.5 Å².